The monoisotopic (exact) mass is 484 g/mol. The van der Waals surface area contributed by atoms with E-state index < -0.39 is 0 Å². The van der Waals surface area contributed by atoms with Crippen molar-refractivity contribution in [3.8, 4) is 11.5 Å². The van der Waals surface area contributed by atoms with Crippen molar-refractivity contribution < 1.29 is 9.47 Å². The number of methoxy groups -OCH3 is 2. The number of aryl methyl sites for hydroxylation is 1. The molecule has 1 aliphatic heterocycles. The van der Waals surface area contributed by atoms with E-state index in [0.717, 1.165) is 49.1 Å². The van der Waals surface area contributed by atoms with Crippen LogP contribution in [0.3, 0.4) is 0 Å². The molecule has 1 fully saturated rings. The molecule has 1 saturated heterocycles. The van der Waals surface area contributed by atoms with Crippen molar-refractivity contribution in [2.45, 2.75) is 19.5 Å². The van der Waals surface area contributed by atoms with Gasteiger partial charge in [0.1, 0.15) is 11.5 Å². The third kappa shape index (κ3) is 5.18. The Morgan fingerprint density at radius 1 is 0.778 bits per heavy atom. The number of piperazine rings is 1. The molecule has 1 atom stereocenters. The molecule has 8 heteroatoms. The molecule has 186 valence electrons. The molecule has 0 radical (unpaired) electrons. The maximum atomic E-state index is 5.31. The number of anilines is 1. The summed E-state index contributed by atoms with van der Waals surface area (Å²) < 4.78 is 12.5. The van der Waals surface area contributed by atoms with Gasteiger partial charge < -0.3 is 14.4 Å². The summed E-state index contributed by atoms with van der Waals surface area (Å²) in [6.45, 7) is 6.37. The Bertz CT molecular complexity index is 1250. The van der Waals surface area contributed by atoms with E-state index >= 15 is 0 Å². The van der Waals surface area contributed by atoms with E-state index in [2.05, 4.69) is 80.8 Å². The van der Waals surface area contributed by atoms with Crippen LogP contribution in [-0.4, -0.2) is 65.5 Å². The van der Waals surface area contributed by atoms with Gasteiger partial charge in [0.05, 0.1) is 26.8 Å². The summed E-state index contributed by atoms with van der Waals surface area (Å²) in [6, 6.07) is 25.0. The van der Waals surface area contributed by atoms with Gasteiger partial charge in [-0.15, -0.1) is 5.10 Å². The Morgan fingerprint density at radius 3 is 2.00 bits per heavy atom. The van der Waals surface area contributed by atoms with E-state index in [0.29, 0.717) is 6.54 Å². The first-order valence-corrected chi connectivity index (χ1v) is 12.2. The zero-order valence-electron chi connectivity index (χ0n) is 21.0. The van der Waals surface area contributed by atoms with Crippen LogP contribution in [-0.2, 0) is 6.54 Å². The molecule has 3 aromatic carbocycles. The lowest BCUT2D eigenvalue weighted by Crippen LogP contribution is -2.48. The average Bonchev–Trinajstić information content (AvgIpc) is 3.38. The first-order valence-electron chi connectivity index (χ1n) is 12.2. The number of hydrogen-bond donors (Lipinski definition) is 0. The second-order valence-corrected chi connectivity index (χ2v) is 9.08. The molecule has 1 aliphatic rings. The lowest BCUT2D eigenvalue weighted by molar-refractivity contribution is 0.201. The van der Waals surface area contributed by atoms with E-state index in [-0.39, 0.29) is 6.04 Å². The summed E-state index contributed by atoms with van der Waals surface area (Å²) in [5.74, 6) is 2.57. The summed E-state index contributed by atoms with van der Waals surface area (Å²) in [6.07, 6.45) is 0. The van der Waals surface area contributed by atoms with Crippen molar-refractivity contribution in [2.24, 2.45) is 0 Å². The van der Waals surface area contributed by atoms with Gasteiger partial charge in [-0.3, -0.25) is 4.90 Å². The normalized spacial score (nSPS) is 15.0. The van der Waals surface area contributed by atoms with Gasteiger partial charge in [0.15, 0.2) is 5.82 Å². The van der Waals surface area contributed by atoms with Gasteiger partial charge in [-0.25, -0.2) is 4.68 Å². The second kappa shape index (κ2) is 10.8. The molecule has 1 unspecified atom stereocenters. The van der Waals surface area contributed by atoms with Crippen molar-refractivity contribution in [1.29, 1.82) is 0 Å². The van der Waals surface area contributed by atoms with Crippen molar-refractivity contribution in [2.75, 3.05) is 45.3 Å². The standard InChI is InChI=1S/C28H32N6O2/c1-21-4-8-23(9-5-21)27(28-29-30-31-34(28)20-22-6-12-25(35-2)13-7-22)33-18-16-32(17-19-33)24-10-14-26(36-3)15-11-24/h4-15,27H,16-20H2,1-3H3. The minimum atomic E-state index is -0.0307. The lowest BCUT2D eigenvalue weighted by atomic mass is 10.0. The molecule has 0 N–H and O–H groups in total. The average molecular weight is 485 g/mol. The quantitative estimate of drug-likeness (QED) is 0.375. The number of tetrazole rings is 1. The fraction of sp³-hybridized carbons (Fsp3) is 0.321. The first kappa shape index (κ1) is 23.8. The fourth-order valence-corrected chi connectivity index (χ4v) is 4.73. The van der Waals surface area contributed by atoms with E-state index in [1.807, 2.05) is 28.9 Å². The predicted molar refractivity (Wildman–Crippen MR) is 140 cm³/mol. The second-order valence-electron chi connectivity index (χ2n) is 9.08. The highest BCUT2D eigenvalue weighted by molar-refractivity contribution is 5.49. The van der Waals surface area contributed by atoms with Gasteiger partial charge in [0, 0.05) is 31.9 Å². The number of ether oxygens (including phenoxy) is 2. The van der Waals surface area contributed by atoms with E-state index in [9.17, 15) is 0 Å². The Morgan fingerprint density at radius 2 is 1.39 bits per heavy atom. The zero-order valence-corrected chi connectivity index (χ0v) is 21.0. The summed E-state index contributed by atoms with van der Waals surface area (Å²) in [5, 5.41) is 13.0. The maximum Gasteiger partial charge on any atom is 0.173 e. The van der Waals surface area contributed by atoms with Crippen LogP contribution in [0.15, 0.2) is 72.8 Å². The van der Waals surface area contributed by atoms with Crippen LogP contribution in [0.25, 0.3) is 0 Å². The molecule has 0 aliphatic carbocycles. The highest BCUT2D eigenvalue weighted by Crippen LogP contribution is 2.30. The molecule has 5 rings (SSSR count). The van der Waals surface area contributed by atoms with Crippen LogP contribution in [0.4, 0.5) is 5.69 Å². The molecule has 8 nitrogen and oxygen atoms in total. The third-order valence-electron chi connectivity index (χ3n) is 6.81. The van der Waals surface area contributed by atoms with Crippen LogP contribution in [0.1, 0.15) is 28.6 Å². The first-order chi connectivity index (χ1) is 17.6. The molecule has 36 heavy (non-hydrogen) atoms. The third-order valence-corrected chi connectivity index (χ3v) is 6.81. The van der Waals surface area contributed by atoms with E-state index in [4.69, 9.17) is 9.47 Å². The Kier molecular flexibility index (Phi) is 7.13. The molecule has 0 amide bonds. The van der Waals surface area contributed by atoms with Gasteiger partial charge in [-0.1, -0.05) is 42.0 Å². The van der Waals surface area contributed by atoms with Crippen LogP contribution < -0.4 is 14.4 Å². The van der Waals surface area contributed by atoms with Gasteiger partial charge in [0.25, 0.3) is 0 Å². The molecule has 1 aromatic heterocycles. The summed E-state index contributed by atoms with van der Waals surface area (Å²) >= 11 is 0. The van der Waals surface area contributed by atoms with Crippen molar-refractivity contribution in [3.63, 3.8) is 0 Å². The maximum absolute atomic E-state index is 5.31. The van der Waals surface area contributed by atoms with Gasteiger partial charge in [-0.05, 0) is 64.9 Å². The SMILES string of the molecule is COc1ccc(Cn2nnnc2C(c2ccc(C)cc2)N2CCN(c3ccc(OC)cc3)CC2)cc1. The fourth-order valence-electron chi connectivity index (χ4n) is 4.73. The Balaban J connectivity index is 1.39. The molecule has 4 aromatic rings. The minimum absolute atomic E-state index is 0.0307. The minimum Gasteiger partial charge on any atom is -0.497 e. The number of hydrogen-bond acceptors (Lipinski definition) is 7. The van der Waals surface area contributed by atoms with Gasteiger partial charge in [-0.2, -0.15) is 0 Å². The summed E-state index contributed by atoms with van der Waals surface area (Å²) in [7, 11) is 3.37. The lowest BCUT2D eigenvalue weighted by Gasteiger charge is -2.40. The van der Waals surface area contributed by atoms with Crippen LogP contribution in [0.5, 0.6) is 11.5 Å². The highest BCUT2D eigenvalue weighted by Gasteiger charge is 2.30. The molecular formula is C28H32N6O2. The van der Waals surface area contributed by atoms with E-state index in [1.165, 1.54) is 16.8 Å². The van der Waals surface area contributed by atoms with Gasteiger partial charge in [0.2, 0.25) is 0 Å². The van der Waals surface area contributed by atoms with Gasteiger partial charge >= 0.3 is 0 Å². The Hall–Kier alpha value is -3.91. The van der Waals surface area contributed by atoms with Crippen molar-refractivity contribution in [1.82, 2.24) is 25.1 Å². The molecule has 2 heterocycles. The number of nitrogens with zero attached hydrogens (tertiary/aromatic N) is 6. The molecule has 0 saturated carbocycles. The Labute approximate surface area is 212 Å². The summed E-state index contributed by atoms with van der Waals surface area (Å²) in [5.41, 5.74) is 4.77. The number of rotatable bonds is 8. The van der Waals surface area contributed by atoms with Crippen LogP contribution in [0, 0.1) is 6.92 Å². The van der Waals surface area contributed by atoms with E-state index in [1.54, 1.807) is 14.2 Å². The largest absolute Gasteiger partial charge is 0.497 e. The highest BCUT2D eigenvalue weighted by atomic mass is 16.5. The van der Waals surface area contributed by atoms with Crippen molar-refractivity contribution in [3.05, 3.63) is 95.3 Å². The summed E-state index contributed by atoms with van der Waals surface area (Å²) in [4.78, 5) is 4.91. The number of aromatic nitrogens is 4. The smallest absolute Gasteiger partial charge is 0.173 e. The number of benzene rings is 3. The topological polar surface area (TPSA) is 68.5 Å². The van der Waals surface area contributed by atoms with Crippen molar-refractivity contribution >= 4 is 5.69 Å². The molecule has 0 bridgehead atoms. The zero-order chi connectivity index (χ0) is 24.9. The van der Waals surface area contributed by atoms with Crippen LogP contribution >= 0.6 is 0 Å². The molecular weight excluding hydrogens is 452 g/mol. The molecule has 0 spiro atoms. The van der Waals surface area contributed by atoms with Crippen LogP contribution in [0.2, 0.25) is 0 Å². The predicted octanol–water partition coefficient (Wildman–Crippen LogP) is 3.96.